The topological polar surface area (TPSA) is 39.9 Å². The fourth-order valence-corrected chi connectivity index (χ4v) is 1.67. The van der Waals surface area contributed by atoms with E-state index in [1.807, 2.05) is 12.1 Å². The molecule has 1 aliphatic heterocycles. The van der Waals surface area contributed by atoms with E-state index in [1.165, 1.54) is 5.56 Å². The predicted molar refractivity (Wildman–Crippen MR) is 49.2 cm³/mol. The predicted octanol–water partition coefficient (Wildman–Crippen LogP) is 0.982. The van der Waals surface area contributed by atoms with E-state index in [-0.39, 0.29) is 0 Å². The van der Waals surface area contributed by atoms with Crippen LogP contribution >= 0.6 is 0 Å². The smallest absolute Gasteiger partial charge is 0.140 e. The third kappa shape index (κ3) is 1.53. The standard InChI is InChI=1S/C10H11N3/c1-13-6-9(7-13)8-2-3-12-10(4-8)5-11/h2-4,9H,6-7H2,1H3. The van der Waals surface area contributed by atoms with Crippen molar-refractivity contribution >= 4 is 0 Å². The molecule has 0 bridgehead atoms. The zero-order valence-corrected chi connectivity index (χ0v) is 7.57. The van der Waals surface area contributed by atoms with Gasteiger partial charge in [-0.2, -0.15) is 5.26 Å². The Bertz CT molecular complexity index is 347. The van der Waals surface area contributed by atoms with E-state index in [2.05, 4.69) is 23.0 Å². The van der Waals surface area contributed by atoms with Crippen LogP contribution < -0.4 is 0 Å². The summed E-state index contributed by atoms with van der Waals surface area (Å²) >= 11 is 0. The summed E-state index contributed by atoms with van der Waals surface area (Å²) in [6.45, 7) is 2.18. The second-order valence-corrected chi connectivity index (χ2v) is 3.50. The first-order valence-corrected chi connectivity index (χ1v) is 4.34. The Morgan fingerprint density at radius 1 is 1.62 bits per heavy atom. The summed E-state index contributed by atoms with van der Waals surface area (Å²) in [4.78, 5) is 6.20. The molecule has 0 atom stereocenters. The van der Waals surface area contributed by atoms with Crippen LogP contribution in [0.5, 0.6) is 0 Å². The maximum Gasteiger partial charge on any atom is 0.140 e. The maximum atomic E-state index is 8.66. The molecule has 0 aliphatic carbocycles. The van der Waals surface area contributed by atoms with Gasteiger partial charge in [-0.1, -0.05) is 0 Å². The van der Waals surface area contributed by atoms with Crippen LogP contribution in [0.15, 0.2) is 18.3 Å². The van der Waals surface area contributed by atoms with Crippen molar-refractivity contribution in [1.82, 2.24) is 9.88 Å². The molecule has 0 amide bonds. The van der Waals surface area contributed by atoms with E-state index in [0.29, 0.717) is 11.6 Å². The minimum atomic E-state index is 0.520. The molecular weight excluding hydrogens is 162 g/mol. The molecule has 3 heteroatoms. The molecule has 1 aliphatic rings. The lowest BCUT2D eigenvalue weighted by Gasteiger charge is -2.36. The van der Waals surface area contributed by atoms with Gasteiger partial charge in [0.1, 0.15) is 11.8 Å². The molecule has 0 radical (unpaired) electrons. The largest absolute Gasteiger partial charge is 0.305 e. The Morgan fingerprint density at radius 3 is 3.00 bits per heavy atom. The highest BCUT2D eigenvalue weighted by Crippen LogP contribution is 2.25. The molecule has 13 heavy (non-hydrogen) atoms. The summed E-state index contributed by atoms with van der Waals surface area (Å²) in [6.07, 6.45) is 1.71. The Hall–Kier alpha value is -1.40. The highest BCUT2D eigenvalue weighted by Gasteiger charge is 2.24. The molecule has 66 valence electrons. The van der Waals surface area contributed by atoms with E-state index in [1.54, 1.807) is 6.20 Å². The highest BCUT2D eigenvalue weighted by atomic mass is 15.2. The Kier molecular flexibility index (Phi) is 1.99. The first-order chi connectivity index (χ1) is 6.29. The van der Waals surface area contributed by atoms with Gasteiger partial charge in [-0.25, -0.2) is 4.98 Å². The molecule has 1 saturated heterocycles. The van der Waals surface area contributed by atoms with E-state index >= 15 is 0 Å². The lowest BCUT2D eigenvalue weighted by Crippen LogP contribution is -2.41. The van der Waals surface area contributed by atoms with Gasteiger partial charge in [0.2, 0.25) is 0 Å². The Balaban J connectivity index is 2.18. The van der Waals surface area contributed by atoms with Crippen LogP contribution in [0.25, 0.3) is 0 Å². The number of hydrogen-bond acceptors (Lipinski definition) is 3. The SMILES string of the molecule is CN1CC(c2ccnc(C#N)c2)C1. The van der Waals surface area contributed by atoms with Crippen LogP contribution in [-0.4, -0.2) is 30.0 Å². The second-order valence-electron chi connectivity index (χ2n) is 3.50. The van der Waals surface area contributed by atoms with Gasteiger partial charge >= 0.3 is 0 Å². The Morgan fingerprint density at radius 2 is 2.38 bits per heavy atom. The first-order valence-electron chi connectivity index (χ1n) is 4.34. The molecule has 1 aromatic rings. The molecule has 0 saturated carbocycles. The molecule has 0 N–H and O–H groups in total. The normalized spacial score (nSPS) is 17.8. The van der Waals surface area contributed by atoms with E-state index in [9.17, 15) is 0 Å². The zero-order chi connectivity index (χ0) is 9.26. The number of aromatic nitrogens is 1. The van der Waals surface area contributed by atoms with Crippen molar-refractivity contribution < 1.29 is 0 Å². The van der Waals surface area contributed by atoms with Crippen LogP contribution in [0.1, 0.15) is 17.2 Å². The first kappa shape index (κ1) is 8.21. The molecule has 3 nitrogen and oxygen atoms in total. The third-order valence-corrected chi connectivity index (χ3v) is 2.43. The fraction of sp³-hybridized carbons (Fsp3) is 0.400. The van der Waals surface area contributed by atoms with E-state index < -0.39 is 0 Å². The average Bonchev–Trinajstić information content (AvgIpc) is 2.13. The molecule has 0 aromatic carbocycles. The summed E-state index contributed by atoms with van der Waals surface area (Å²) in [5.41, 5.74) is 1.76. The van der Waals surface area contributed by atoms with Gasteiger partial charge in [0.25, 0.3) is 0 Å². The summed E-state index contributed by atoms with van der Waals surface area (Å²) < 4.78 is 0. The maximum absolute atomic E-state index is 8.66. The zero-order valence-electron chi connectivity index (χ0n) is 7.57. The lowest BCUT2D eigenvalue weighted by molar-refractivity contribution is 0.189. The van der Waals surface area contributed by atoms with Gasteiger partial charge in [-0.05, 0) is 24.7 Å². The van der Waals surface area contributed by atoms with Gasteiger partial charge in [0.15, 0.2) is 0 Å². The molecule has 1 aromatic heterocycles. The summed E-state index contributed by atoms with van der Waals surface area (Å²) in [5.74, 6) is 0.597. The molecule has 2 rings (SSSR count). The lowest BCUT2D eigenvalue weighted by atomic mass is 9.92. The van der Waals surface area contributed by atoms with Crippen molar-refractivity contribution in [1.29, 1.82) is 5.26 Å². The number of rotatable bonds is 1. The monoisotopic (exact) mass is 173 g/mol. The number of nitrogens with zero attached hydrogens (tertiary/aromatic N) is 3. The number of hydrogen-bond donors (Lipinski definition) is 0. The van der Waals surface area contributed by atoms with Gasteiger partial charge in [0, 0.05) is 25.2 Å². The molecular formula is C10H11N3. The third-order valence-electron chi connectivity index (χ3n) is 2.43. The van der Waals surface area contributed by atoms with Gasteiger partial charge in [-0.3, -0.25) is 0 Å². The van der Waals surface area contributed by atoms with Gasteiger partial charge in [0.05, 0.1) is 0 Å². The van der Waals surface area contributed by atoms with Crippen LogP contribution in [0.3, 0.4) is 0 Å². The van der Waals surface area contributed by atoms with Crippen LogP contribution in [0.4, 0.5) is 0 Å². The molecule has 2 heterocycles. The van der Waals surface area contributed by atoms with Crippen molar-refractivity contribution in [3.05, 3.63) is 29.6 Å². The van der Waals surface area contributed by atoms with Crippen molar-refractivity contribution in [3.63, 3.8) is 0 Å². The van der Waals surface area contributed by atoms with Crippen molar-refractivity contribution in [2.24, 2.45) is 0 Å². The number of pyridine rings is 1. The average molecular weight is 173 g/mol. The summed E-state index contributed by atoms with van der Waals surface area (Å²) in [7, 11) is 2.10. The fourth-order valence-electron chi connectivity index (χ4n) is 1.67. The highest BCUT2D eigenvalue weighted by molar-refractivity contribution is 5.29. The Labute approximate surface area is 77.6 Å². The van der Waals surface area contributed by atoms with E-state index in [4.69, 9.17) is 5.26 Å². The molecule has 0 spiro atoms. The summed E-state index contributed by atoms with van der Waals surface area (Å²) in [5, 5.41) is 8.66. The second kappa shape index (κ2) is 3.15. The minimum Gasteiger partial charge on any atom is -0.305 e. The number of nitriles is 1. The molecule has 1 fully saturated rings. The quantitative estimate of drug-likeness (QED) is 0.635. The molecule has 0 unspecified atom stereocenters. The van der Waals surface area contributed by atoms with Crippen molar-refractivity contribution in [2.45, 2.75) is 5.92 Å². The minimum absolute atomic E-state index is 0.520. The van der Waals surface area contributed by atoms with E-state index in [0.717, 1.165) is 13.1 Å². The van der Waals surface area contributed by atoms with Crippen LogP contribution in [-0.2, 0) is 0 Å². The van der Waals surface area contributed by atoms with Crippen molar-refractivity contribution in [3.8, 4) is 6.07 Å². The van der Waals surface area contributed by atoms with Crippen molar-refractivity contribution in [2.75, 3.05) is 20.1 Å². The summed E-state index contributed by atoms with van der Waals surface area (Å²) in [6, 6.07) is 5.94. The van der Waals surface area contributed by atoms with Gasteiger partial charge in [-0.15, -0.1) is 0 Å². The van der Waals surface area contributed by atoms with Crippen LogP contribution in [0, 0.1) is 11.3 Å². The van der Waals surface area contributed by atoms with Crippen LogP contribution in [0.2, 0.25) is 0 Å². The van der Waals surface area contributed by atoms with Gasteiger partial charge < -0.3 is 4.90 Å². The number of likely N-dealkylation sites (N-methyl/N-ethyl adjacent to an activating group) is 1. The number of likely N-dealkylation sites (tertiary alicyclic amines) is 1.